The molecule has 1 saturated heterocycles. The van der Waals surface area contributed by atoms with Gasteiger partial charge in [0, 0.05) is 43.9 Å². The summed E-state index contributed by atoms with van der Waals surface area (Å²) < 4.78 is 19.5. The molecule has 0 aliphatic carbocycles. The number of carbonyl (C=O) groups is 2. The lowest BCUT2D eigenvalue weighted by Crippen LogP contribution is -2.34. The van der Waals surface area contributed by atoms with Crippen LogP contribution in [0.2, 0.25) is 0 Å². The second kappa shape index (κ2) is 14.2. The third kappa shape index (κ3) is 7.38. The van der Waals surface area contributed by atoms with Crippen molar-refractivity contribution in [3.8, 4) is 5.75 Å². The Morgan fingerprint density at radius 2 is 1.71 bits per heavy atom. The number of hydrogen-bond donors (Lipinski definition) is 3. The van der Waals surface area contributed by atoms with Crippen LogP contribution in [0.1, 0.15) is 64.1 Å². The second-order valence-electron chi connectivity index (χ2n) is 10.8. The lowest BCUT2D eigenvalue weighted by Gasteiger charge is -2.25. The first kappa shape index (κ1) is 31.4. The molecule has 2 amide bonds. The molecule has 1 aliphatic heterocycles. The quantitative estimate of drug-likeness (QED) is 0.226. The van der Waals surface area contributed by atoms with Crippen molar-refractivity contribution in [2.45, 2.75) is 45.6 Å². The van der Waals surface area contributed by atoms with Crippen molar-refractivity contribution in [1.29, 1.82) is 0 Å². The van der Waals surface area contributed by atoms with E-state index in [4.69, 9.17) is 4.74 Å². The Bertz CT molecular complexity index is 1670. The summed E-state index contributed by atoms with van der Waals surface area (Å²) in [5, 5.41) is 13.1. The number of amides is 2. The Hall–Kier alpha value is -5.03. The lowest BCUT2D eigenvalue weighted by molar-refractivity contribution is 0.0437. The first-order valence-corrected chi connectivity index (χ1v) is 14.9. The van der Waals surface area contributed by atoms with E-state index < -0.39 is 34.8 Å². The summed E-state index contributed by atoms with van der Waals surface area (Å²) in [5.74, 6) is -2.26. The number of aromatic amines is 1. The Morgan fingerprint density at radius 1 is 1.02 bits per heavy atom. The van der Waals surface area contributed by atoms with Crippen LogP contribution in [-0.4, -0.2) is 57.5 Å². The zero-order valence-electron chi connectivity index (χ0n) is 25.2. The van der Waals surface area contributed by atoms with E-state index in [1.165, 1.54) is 24.3 Å². The number of H-pyrrole nitrogens is 1. The van der Waals surface area contributed by atoms with Crippen molar-refractivity contribution in [2.24, 2.45) is 0 Å². The third-order valence-electron chi connectivity index (χ3n) is 7.91. The van der Waals surface area contributed by atoms with Gasteiger partial charge in [0.25, 0.3) is 17.4 Å². The van der Waals surface area contributed by atoms with Crippen LogP contribution in [0.15, 0.2) is 83.7 Å². The van der Waals surface area contributed by atoms with E-state index in [2.05, 4.69) is 34.0 Å². The molecule has 1 aliphatic rings. The average Bonchev–Trinajstić information content (AvgIpc) is 3.50. The minimum absolute atomic E-state index is 0.0231. The molecule has 45 heavy (non-hydrogen) atoms. The van der Waals surface area contributed by atoms with Crippen molar-refractivity contribution in [1.82, 2.24) is 20.2 Å². The van der Waals surface area contributed by atoms with Gasteiger partial charge in [-0.1, -0.05) is 42.5 Å². The van der Waals surface area contributed by atoms with Gasteiger partial charge in [0.15, 0.2) is 5.69 Å². The van der Waals surface area contributed by atoms with Gasteiger partial charge in [-0.2, -0.15) is 0 Å². The predicted octanol–water partition coefficient (Wildman–Crippen LogP) is 4.56. The number of anilines is 1. The second-order valence-corrected chi connectivity index (χ2v) is 10.8. The molecule has 2 heterocycles. The fourth-order valence-electron chi connectivity index (χ4n) is 5.43. The molecule has 3 N–H and O–H groups in total. The van der Waals surface area contributed by atoms with Crippen LogP contribution in [0, 0.1) is 5.82 Å². The number of aromatic nitrogens is 2. The number of benzene rings is 3. The first-order chi connectivity index (χ1) is 21.8. The molecule has 5 rings (SSSR count). The topological polar surface area (TPSA) is 128 Å². The van der Waals surface area contributed by atoms with Crippen LogP contribution in [0.5, 0.6) is 5.75 Å². The number of carbonyl (C=O) groups excluding carboxylic acids is 2. The fourth-order valence-corrected chi connectivity index (χ4v) is 5.43. The van der Waals surface area contributed by atoms with Gasteiger partial charge < -0.3 is 29.9 Å². The van der Waals surface area contributed by atoms with Gasteiger partial charge in [-0.3, -0.25) is 14.4 Å². The van der Waals surface area contributed by atoms with E-state index >= 15 is 0 Å². The minimum Gasteiger partial charge on any atom is -0.501 e. The van der Waals surface area contributed by atoms with Crippen molar-refractivity contribution >= 4 is 17.5 Å². The van der Waals surface area contributed by atoms with Crippen LogP contribution in [0.25, 0.3) is 0 Å². The molecule has 1 fully saturated rings. The van der Waals surface area contributed by atoms with Crippen LogP contribution < -0.4 is 15.8 Å². The van der Waals surface area contributed by atoms with Crippen molar-refractivity contribution in [2.75, 3.05) is 24.5 Å². The van der Waals surface area contributed by atoms with Gasteiger partial charge in [-0.15, -0.1) is 0 Å². The molecule has 2 unspecified atom stereocenters. The molecule has 11 heteroatoms. The molecule has 10 nitrogen and oxygen atoms in total. The average molecular weight is 614 g/mol. The fraction of sp³-hybridized carbons (Fsp3) is 0.294. The smallest absolute Gasteiger partial charge is 0.294 e. The molecular formula is C34H36FN5O5. The standard InChI is InChI=1S/C34H36FN5O5/c1-3-39(4-2)26-16-12-24(13-17-26)34(44)40-20-27(45-21-23-8-6-5-7-9-23)18-28(40)31-37-29(30(41)33(43)38-31)32(42)36-19-22-10-14-25(35)15-11-22/h5-17,27-28,41H,3-4,18-21H2,1-2H3,(H,36,42)(H,37,38,43). The molecule has 0 saturated carbocycles. The summed E-state index contributed by atoms with van der Waals surface area (Å²) >= 11 is 0. The van der Waals surface area contributed by atoms with E-state index in [0.717, 1.165) is 24.3 Å². The normalized spacial score (nSPS) is 16.0. The number of nitrogens with one attached hydrogen (secondary N) is 2. The van der Waals surface area contributed by atoms with E-state index in [1.807, 2.05) is 42.5 Å². The van der Waals surface area contributed by atoms with Crippen molar-refractivity contribution in [3.05, 3.63) is 123 Å². The van der Waals surface area contributed by atoms with E-state index in [-0.39, 0.29) is 30.9 Å². The highest BCUT2D eigenvalue weighted by molar-refractivity contribution is 5.95. The molecule has 3 aromatic carbocycles. The Morgan fingerprint density at radius 3 is 2.38 bits per heavy atom. The molecule has 0 radical (unpaired) electrons. The van der Waals surface area contributed by atoms with Gasteiger partial charge >= 0.3 is 0 Å². The number of nitrogens with zero attached hydrogens (tertiary/aromatic N) is 3. The first-order valence-electron chi connectivity index (χ1n) is 14.9. The monoisotopic (exact) mass is 613 g/mol. The summed E-state index contributed by atoms with van der Waals surface area (Å²) in [6, 6.07) is 21.8. The molecule has 1 aromatic heterocycles. The summed E-state index contributed by atoms with van der Waals surface area (Å²) in [5.41, 5.74) is 1.67. The number of rotatable bonds is 11. The number of hydrogen-bond acceptors (Lipinski definition) is 7. The number of ether oxygens (including phenoxy) is 1. The highest BCUT2D eigenvalue weighted by atomic mass is 19.1. The van der Waals surface area contributed by atoms with Gasteiger partial charge in [-0.05, 0) is 61.4 Å². The zero-order chi connectivity index (χ0) is 31.9. The molecule has 2 atom stereocenters. The summed E-state index contributed by atoms with van der Waals surface area (Å²) in [6.07, 6.45) is -0.0792. The predicted molar refractivity (Wildman–Crippen MR) is 168 cm³/mol. The van der Waals surface area contributed by atoms with E-state index in [1.54, 1.807) is 17.0 Å². The summed E-state index contributed by atoms with van der Waals surface area (Å²) in [6.45, 7) is 6.37. The zero-order valence-corrected chi connectivity index (χ0v) is 25.2. The Kier molecular flexibility index (Phi) is 9.89. The van der Waals surface area contributed by atoms with Crippen LogP contribution in [-0.2, 0) is 17.9 Å². The largest absolute Gasteiger partial charge is 0.501 e. The minimum atomic E-state index is -0.906. The number of halogens is 1. The maximum Gasteiger partial charge on any atom is 0.294 e. The highest BCUT2D eigenvalue weighted by Gasteiger charge is 2.39. The molecule has 234 valence electrons. The maximum atomic E-state index is 13.9. The Balaban J connectivity index is 1.41. The van der Waals surface area contributed by atoms with Crippen LogP contribution in [0.4, 0.5) is 10.1 Å². The molecule has 4 aromatic rings. The summed E-state index contributed by atoms with van der Waals surface area (Å²) in [7, 11) is 0. The lowest BCUT2D eigenvalue weighted by atomic mass is 10.1. The molecule has 0 spiro atoms. The number of aromatic hydroxyl groups is 1. The van der Waals surface area contributed by atoms with Gasteiger partial charge in [-0.25, -0.2) is 9.37 Å². The number of likely N-dealkylation sites (tertiary alicyclic amines) is 1. The Labute approximate surface area is 260 Å². The summed E-state index contributed by atoms with van der Waals surface area (Å²) in [4.78, 5) is 50.5. The van der Waals surface area contributed by atoms with Crippen LogP contribution in [0.3, 0.4) is 0 Å². The third-order valence-corrected chi connectivity index (χ3v) is 7.91. The van der Waals surface area contributed by atoms with Gasteiger partial charge in [0.1, 0.15) is 11.6 Å². The molecule has 0 bridgehead atoms. The van der Waals surface area contributed by atoms with Gasteiger partial charge in [0.2, 0.25) is 5.75 Å². The highest BCUT2D eigenvalue weighted by Crippen LogP contribution is 2.34. The SMILES string of the molecule is CCN(CC)c1ccc(C(=O)N2CC(OCc3ccccc3)CC2c2nc(C(=O)NCc3ccc(F)cc3)c(O)c(=O)[nH]2)cc1. The van der Waals surface area contributed by atoms with E-state index in [0.29, 0.717) is 24.2 Å². The molecular weight excluding hydrogens is 577 g/mol. The van der Waals surface area contributed by atoms with Gasteiger partial charge in [0.05, 0.1) is 18.8 Å². The maximum absolute atomic E-state index is 13.9. The van der Waals surface area contributed by atoms with E-state index in [9.17, 15) is 23.9 Å². The van der Waals surface area contributed by atoms with Crippen LogP contribution >= 0.6 is 0 Å². The van der Waals surface area contributed by atoms with Crippen molar-refractivity contribution < 1.29 is 23.8 Å². The van der Waals surface area contributed by atoms with Crippen molar-refractivity contribution in [3.63, 3.8) is 0 Å².